The first-order chi connectivity index (χ1) is 15.3. The molecule has 0 amide bonds. The highest BCUT2D eigenvalue weighted by atomic mass is 16.6. The van der Waals surface area contributed by atoms with Gasteiger partial charge in [0.2, 0.25) is 0 Å². The maximum atomic E-state index is 6.12. The molecule has 0 saturated carbocycles. The maximum Gasteiger partial charge on any atom is 0.127 e. The second kappa shape index (κ2) is 12.7. The number of fused-ring (bicyclic) bond motifs is 3. The van der Waals surface area contributed by atoms with Crippen molar-refractivity contribution in [2.45, 2.75) is 12.8 Å². The van der Waals surface area contributed by atoms with Crippen LogP contribution in [0.4, 0.5) is 0 Å². The molecule has 0 atom stereocenters. The molecule has 0 fully saturated rings. The van der Waals surface area contributed by atoms with E-state index in [9.17, 15) is 0 Å². The van der Waals surface area contributed by atoms with Gasteiger partial charge in [-0.2, -0.15) is 0 Å². The van der Waals surface area contributed by atoms with Gasteiger partial charge in [-0.3, -0.25) is 0 Å². The van der Waals surface area contributed by atoms with Crippen molar-refractivity contribution in [3.05, 3.63) is 47.5 Å². The third-order valence-electron chi connectivity index (χ3n) is 4.77. The van der Waals surface area contributed by atoms with Gasteiger partial charge in [0.1, 0.15) is 24.7 Å². The molecule has 0 aromatic heterocycles. The van der Waals surface area contributed by atoms with Crippen molar-refractivity contribution in [3.63, 3.8) is 0 Å². The van der Waals surface area contributed by atoms with Crippen LogP contribution in [0, 0.1) is 24.7 Å². The fraction of sp³-hybridized carbons (Fsp3) is 0.385. The number of hydrogen-bond donors (Lipinski definition) is 0. The molecule has 2 aromatic carbocycles. The number of ether oxygens (including phenoxy) is 5. The van der Waals surface area contributed by atoms with Crippen molar-refractivity contribution in [2.24, 2.45) is 0 Å². The summed E-state index contributed by atoms with van der Waals surface area (Å²) in [5.41, 5.74) is 3.79. The Morgan fingerprint density at radius 2 is 0.968 bits per heavy atom. The number of rotatable bonds is 2. The van der Waals surface area contributed by atoms with E-state index in [2.05, 4.69) is 11.8 Å². The zero-order valence-corrected chi connectivity index (χ0v) is 17.7. The molecule has 0 aliphatic carbocycles. The first-order valence-corrected chi connectivity index (χ1v) is 10.4. The van der Waals surface area contributed by atoms with E-state index in [4.69, 9.17) is 36.5 Å². The zero-order valence-electron chi connectivity index (χ0n) is 17.7. The summed E-state index contributed by atoms with van der Waals surface area (Å²) in [5.74, 6) is 6.94. The first-order valence-electron chi connectivity index (χ1n) is 10.4. The average Bonchev–Trinajstić information content (AvgIpc) is 2.78. The standard InChI is InChI=1S/C26H28O5/c1-3-7-21-9-5-11-23-25(21)26-22(8-4-2)10-6-12-24(26)31-20-18-29-16-14-27-13-15-28-17-19-30-23/h1-2,5-6,9-12H,7-8,13-20H2. The minimum atomic E-state index is 0.406. The van der Waals surface area contributed by atoms with Gasteiger partial charge in [0, 0.05) is 24.0 Å². The van der Waals surface area contributed by atoms with Gasteiger partial charge in [0.05, 0.1) is 39.6 Å². The van der Waals surface area contributed by atoms with Crippen molar-refractivity contribution >= 4 is 0 Å². The Morgan fingerprint density at radius 1 is 0.581 bits per heavy atom. The van der Waals surface area contributed by atoms with E-state index in [0.717, 1.165) is 33.8 Å². The Kier molecular flexibility index (Phi) is 9.29. The molecule has 31 heavy (non-hydrogen) atoms. The largest absolute Gasteiger partial charge is 0.491 e. The highest BCUT2D eigenvalue weighted by Crippen LogP contribution is 2.42. The van der Waals surface area contributed by atoms with Crippen LogP contribution in [-0.4, -0.2) is 52.9 Å². The molecule has 162 valence electrons. The summed E-state index contributed by atoms with van der Waals surface area (Å²) in [6.45, 7) is 3.76. The van der Waals surface area contributed by atoms with Gasteiger partial charge in [-0.1, -0.05) is 24.3 Å². The summed E-state index contributed by atoms with van der Waals surface area (Å²) >= 11 is 0. The molecular formula is C26H28O5. The van der Waals surface area contributed by atoms with Crippen LogP contribution in [0.5, 0.6) is 11.5 Å². The lowest BCUT2D eigenvalue weighted by atomic mass is 9.91. The molecule has 0 unspecified atom stereocenters. The fourth-order valence-corrected chi connectivity index (χ4v) is 3.44. The van der Waals surface area contributed by atoms with Crippen molar-refractivity contribution in [2.75, 3.05) is 52.9 Å². The zero-order chi connectivity index (χ0) is 21.7. The van der Waals surface area contributed by atoms with E-state index in [1.807, 2.05) is 36.4 Å². The molecule has 1 heterocycles. The predicted molar refractivity (Wildman–Crippen MR) is 120 cm³/mol. The molecule has 5 nitrogen and oxygen atoms in total. The first kappa shape index (κ1) is 22.7. The number of hydrogen-bond acceptors (Lipinski definition) is 5. The van der Waals surface area contributed by atoms with Gasteiger partial charge in [-0.15, -0.1) is 24.7 Å². The summed E-state index contributed by atoms with van der Waals surface area (Å²) in [6.07, 6.45) is 12.3. The molecule has 2 aromatic rings. The van der Waals surface area contributed by atoms with Gasteiger partial charge in [0.15, 0.2) is 0 Å². The maximum absolute atomic E-state index is 6.12. The Labute approximate surface area is 184 Å². The fourth-order valence-electron chi connectivity index (χ4n) is 3.44. The van der Waals surface area contributed by atoms with Crippen LogP contribution in [0.1, 0.15) is 11.1 Å². The lowest BCUT2D eigenvalue weighted by molar-refractivity contribution is 0.00519. The van der Waals surface area contributed by atoms with E-state index in [1.54, 1.807) is 0 Å². The monoisotopic (exact) mass is 420 g/mol. The molecule has 0 radical (unpaired) electrons. The van der Waals surface area contributed by atoms with Crippen LogP contribution in [0.3, 0.4) is 0 Å². The van der Waals surface area contributed by atoms with Crippen LogP contribution in [0.15, 0.2) is 36.4 Å². The van der Waals surface area contributed by atoms with Crippen molar-refractivity contribution in [1.29, 1.82) is 0 Å². The molecule has 5 heteroatoms. The van der Waals surface area contributed by atoms with Crippen molar-refractivity contribution in [1.82, 2.24) is 0 Å². The lowest BCUT2D eigenvalue weighted by Gasteiger charge is -2.20. The van der Waals surface area contributed by atoms with Gasteiger partial charge in [-0.05, 0) is 23.3 Å². The van der Waals surface area contributed by atoms with Crippen LogP contribution >= 0.6 is 0 Å². The highest BCUT2D eigenvalue weighted by molar-refractivity contribution is 5.82. The minimum absolute atomic E-state index is 0.406. The topological polar surface area (TPSA) is 46.2 Å². The van der Waals surface area contributed by atoms with E-state index in [-0.39, 0.29) is 0 Å². The van der Waals surface area contributed by atoms with Crippen LogP contribution in [0.25, 0.3) is 11.1 Å². The summed E-state index contributed by atoms with van der Waals surface area (Å²) in [5, 5.41) is 0. The SMILES string of the molecule is C#CCc1cccc2c1-c1c(CC#C)cccc1OCCOCCOCCOCCO2. The van der Waals surface area contributed by atoms with E-state index < -0.39 is 0 Å². The second-order valence-corrected chi connectivity index (χ2v) is 6.88. The summed E-state index contributed by atoms with van der Waals surface area (Å²) in [4.78, 5) is 0. The smallest absolute Gasteiger partial charge is 0.127 e. The third-order valence-corrected chi connectivity index (χ3v) is 4.77. The lowest BCUT2D eigenvalue weighted by Crippen LogP contribution is -2.14. The molecule has 0 saturated heterocycles. The van der Waals surface area contributed by atoms with E-state index in [1.165, 1.54) is 0 Å². The molecular weight excluding hydrogens is 392 g/mol. The Morgan fingerprint density at radius 3 is 1.35 bits per heavy atom. The van der Waals surface area contributed by atoms with Crippen LogP contribution < -0.4 is 9.47 Å². The quantitative estimate of drug-likeness (QED) is 0.696. The predicted octanol–water partition coefficient (Wildman–Crippen LogP) is 3.53. The van der Waals surface area contributed by atoms with E-state index in [0.29, 0.717) is 65.7 Å². The number of terminal acetylenes is 2. The molecule has 1 aliphatic heterocycles. The molecule has 3 rings (SSSR count). The summed E-state index contributed by atoms with van der Waals surface area (Å²) in [7, 11) is 0. The molecule has 0 spiro atoms. The normalized spacial score (nSPS) is 15.7. The average molecular weight is 421 g/mol. The van der Waals surface area contributed by atoms with Gasteiger partial charge in [0.25, 0.3) is 0 Å². The summed E-state index contributed by atoms with van der Waals surface area (Å²) < 4.78 is 29.0. The van der Waals surface area contributed by atoms with Crippen LogP contribution in [-0.2, 0) is 27.1 Å². The van der Waals surface area contributed by atoms with Gasteiger partial charge < -0.3 is 23.7 Å². The highest BCUT2D eigenvalue weighted by Gasteiger charge is 2.19. The molecule has 0 bridgehead atoms. The number of benzene rings is 2. The minimum Gasteiger partial charge on any atom is -0.491 e. The van der Waals surface area contributed by atoms with Crippen LogP contribution in [0.2, 0.25) is 0 Å². The Balaban J connectivity index is 2.04. The Bertz CT molecular complexity index is 847. The van der Waals surface area contributed by atoms with E-state index >= 15 is 0 Å². The summed E-state index contributed by atoms with van der Waals surface area (Å²) in [6, 6.07) is 11.8. The van der Waals surface area contributed by atoms with Gasteiger partial charge in [-0.25, -0.2) is 0 Å². The molecule has 0 N–H and O–H groups in total. The molecule has 1 aliphatic rings. The van der Waals surface area contributed by atoms with Crippen molar-refractivity contribution in [3.8, 4) is 47.3 Å². The third kappa shape index (κ3) is 6.51. The second-order valence-electron chi connectivity index (χ2n) is 6.88. The van der Waals surface area contributed by atoms with Gasteiger partial charge >= 0.3 is 0 Å². The van der Waals surface area contributed by atoms with Crippen molar-refractivity contribution < 1.29 is 23.7 Å². The Hall–Kier alpha value is -2.96.